The molecular weight excluding hydrogens is 375 g/mol. The summed E-state index contributed by atoms with van der Waals surface area (Å²) in [7, 11) is 4.07. The smallest absolute Gasteiger partial charge is 0.261 e. The maximum atomic E-state index is 13.1. The molecule has 0 fully saturated rings. The number of fused-ring (bicyclic) bond motifs is 1. The van der Waals surface area contributed by atoms with E-state index in [4.69, 9.17) is 0 Å². The van der Waals surface area contributed by atoms with Crippen LogP contribution >= 0.6 is 11.3 Å². The molecule has 0 radical (unpaired) electrons. The Bertz CT molecular complexity index is 972. The van der Waals surface area contributed by atoms with Gasteiger partial charge in [0.05, 0.1) is 17.1 Å². The highest BCUT2D eigenvalue weighted by molar-refractivity contribution is 7.20. The first-order valence-corrected chi connectivity index (χ1v) is 10.1. The molecule has 3 aromatic rings. The van der Waals surface area contributed by atoms with Crippen molar-refractivity contribution < 1.29 is 9.18 Å². The lowest BCUT2D eigenvalue weighted by Gasteiger charge is -2.28. The van der Waals surface area contributed by atoms with Crippen molar-refractivity contribution in [2.45, 2.75) is 27.3 Å². The first kappa shape index (κ1) is 20.5. The number of amides is 1. The van der Waals surface area contributed by atoms with E-state index in [0.717, 1.165) is 28.0 Å². The molecule has 5 nitrogen and oxygen atoms in total. The topological polar surface area (TPSA) is 50.2 Å². The van der Waals surface area contributed by atoms with Gasteiger partial charge in [-0.15, -0.1) is 11.3 Å². The highest BCUT2D eigenvalue weighted by atomic mass is 32.1. The zero-order valence-corrected chi connectivity index (χ0v) is 17.9. The lowest BCUT2D eigenvalue weighted by molar-refractivity contribution is 0.0933. The van der Waals surface area contributed by atoms with Gasteiger partial charge in [0, 0.05) is 18.5 Å². The van der Waals surface area contributed by atoms with Crippen LogP contribution in [0.5, 0.6) is 0 Å². The average Bonchev–Trinajstić information content (AvgIpc) is 3.16. The van der Waals surface area contributed by atoms with Crippen molar-refractivity contribution in [2.75, 3.05) is 27.2 Å². The third kappa shape index (κ3) is 4.77. The third-order valence-electron chi connectivity index (χ3n) is 4.55. The van der Waals surface area contributed by atoms with Crippen molar-refractivity contribution in [1.82, 2.24) is 20.0 Å². The van der Waals surface area contributed by atoms with Crippen molar-refractivity contribution in [2.24, 2.45) is 5.41 Å². The molecule has 0 bridgehead atoms. The fraction of sp³-hybridized carbons (Fsp3) is 0.429. The third-order valence-corrected chi connectivity index (χ3v) is 5.70. The van der Waals surface area contributed by atoms with Crippen LogP contribution in [0.15, 0.2) is 30.3 Å². The number of carbonyl (C=O) groups excluding carboxylic acids is 1. The van der Waals surface area contributed by atoms with Gasteiger partial charge in [-0.3, -0.25) is 9.48 Å². The molecular formula is C21H27FN4OS. The van der Waals surface area contributed by atoms with Gasteiger partial charge in [0.15, 0.2) is 0 Å². The van der Waals surface area contributed by atoms with Gasteiger partial charge in [0.25, 0.3) is 5.91 Å². The van der Waals surface area contributed by atoms with E-state index in [1.807, 2.05) is 31.8 Å². The Morgan fingerprint density at radius 2 is 1.96 bits per heavy atom. The normalized spacial score (nSPS) is 12.1. The van der Waals surface area contributed by atoms with Gasteiger partial charge in [-0.1, -0.05) is 26.0 Å². The second-order valence-corrected chi connectivity index (χ2v) is 9.31. The van der Waals surface area contributed by atoms with Crippen molar-refractivity contribution in [3.63, 3.8) is 0 Å². The second-order valence-electron chi connectivity index (χ2n) is 8.28. The Balaban J connectivity index is 1.76. The summed E-state index contributed by atoms with van der Waals surface area (Å²) in [4.78, 5) is 16.4. The minimum atomic E-state index is -0.252. The zero-order chi connectivity index (χ0) is 20.5. The number of nitrogens with zero attached hydrogens (tertiary/aromatic N) is 3. The summed E-state index contributed by atoms with van der Waals surface area (Å²) in [6.07, 6.45) is 0. The van der Waals surface area contributed by atoms with Crippen LogP contribution in [0.25, 0.3) is 10.2 Å². The number of benzene rings is 1. The quantitative estimate of drug-likeness (QED) is 0.652. The molecule has 150 valence electrons. The lowest BCUT2D eigenvalue weighted by atomic mass is 9.93. The van der Waals surface area contributed by atoms with E-state index < -0.39 is 0 Å². The summed E-state index contributed by atoms with van der Waals surface area (Å²) in [6, 6.07) is 8.33. The van der Waals surface area contributed by atoms with E-state index in [1.54, 1.807) is 12.1 Å². The van der Waals surface area contributed by atoms with Crippen LogP contribution in [0.2, 0.25) is 0 Å². The second kappa shape index (κ2) is 8.01. The molecule has 1 amide bonds. The first-order valence-electron chi connectivity index (χ1n) is 9.29. The van der Waals surface area contributed by atoms with Crippen molar-refractivity contribution in [3.05, 3.63) is 52.3 Å². The lowest BCUT2D eigenvalue weighted by Crippen LogP contribution is -2.39. The molecule has 7 heteroatoms. The van der Waals surface area contributed by atoms with Crippen LogP contribution in [-0.4, -0.2) is 47.8 Å². The van der Waals surface area contributed by atoms with E-state index in [9.17, 15) is 9.18 Å². The van der Waals surface area contributed by atoms with Gasteiger partial charge in [0.1, 0.15) is 10.6 Å². The number of aromatic nitrogens is 2. The molecule has 0 atom stereocenters. The monoisotopic (exact) mass is 402 g/mol. The Labute approximate surface area is 169 Å². The van der Waals surface area contributed by atoms with Crippen molar-refractivity contribution in [3.8, 4) is 0 Å². The standard InChI is InChI=1S/C21H27FN4OS/c1-14-17-10-18(19(27)23-12-21(2,3)13-25(4)5)28-20(17)26(24-14)11-15-6-8-16(22)9-7-15/h6-10H,11-13H2,1-5H3,(H,23,27). The molecule has 0 saturated heterocycles. The van der Waals surface area contributed by atoms with E-state index in [-0.39, 0.29) is 17.1 Å². The van der Waals surface area contributed by atoms with Gasteiger partial charge in [-0.25, -0.2) is 4.39 Å². The summed E-state index contributed by atoms with van der Waals surface area (Å²) < 4.78 is 15.0. The van der Waals surface area contributed by atoms with Gasteiger partial charge >= 0.3 is 0 Å². The SMILES string of the molecule is Cc1nn(Cc2ccc(F)cc2)c2sc(C(=O)NCC(C)(C)CN(C)C)cc12. The maximum Gasteiger partial charge on any atom is 0.261 e. The van der Waals surface area contributed by atoms with E-state index in [0.29, 0.717) is 18.0 Å². The molecule has 2 heterocycles. The fourth-order valence-corrected chi connectivity index (χ4v) is 4.49. The summed E-state index contributed by atoms with van der Waals surface area (Å²) >= 11 is 1.44. The van der Waals surface area contributed by atoms with Crippen molar-refractivity contribution in [1.29, 1.82) is 0 Å². The van der Waals surface area contributed by atoms with Crippen LogP contribution in [0, 0.1) is 18.2 Å². The fourth-order valence-electron chi connectivity index (χ4n) is 3.41. The van der Waals surface area contributed by atoms with Crippen LogP contribution in [0.4, 0.5) is 4.39 Å². The molecule has 0 saturated carbocycles. The Hall–Kier alpha value is -2.25. The summed E-state index contributed by atoms with van der Waals surface area (Å²) in [5.41, 5.74) is 1.85. The number of carbonyl (C=O) groups is 1. The Morgan fingerprint density at radius 3 is 2.61 bits per heavy atom. The molecule has 0 spiro atoms. The summed E-state index contributed by atoms with van der Waals surface area (Å²) in [6.45, 7) is 8.27. The van der Waals surface area contributed by atoms with Crippen molar-refractivity contribution >= 4 is 27.5 Å². The highest BCUT2D eigenvalue weighted by Crippen LogP contribution is 2.29. The minimum Gasteiger partial charge on any atom is -0.351 e. The van der Waals surface area contributed by atoms with Gasteiger partial charge in [0.2, 0.25) is 0 Å². The van der Waals surface area contributed by atoms with Gasteiger partial charge in [-0.2, -0.15) is 5.10 Å². The average molecular weight is 403 g/mol. The predicted octanol–water partition coefficient (Wildman–Crippen LogP) is 3.91. The Morgan fingerprint density at radius 1 is 1.29 bits per heavy atom. The number of thiophene rings is 1. The van der Waals surface area contributed by atoms with E-state index in [1.165, 1.54) is 23.5 Å². The Kier molecular flexibility index (Phi) is 5.86. The number of nitrogens with one attached hydrogen (secondary N) is 1. The molecule has 0 aliphatic heterocycles. The molecule has 0 aliphatic rings. The molecule has 2 aromatic heterocycles. The summed E-state index contributed by atoms with van der Waals surface area (Å²) in [5.74, 6) is -0.307. The molecule has 0 unspecified atom stereocenters. The maximum absolute atomic E-state index is 13.1. The zero-order valence-electron chi connectivity index (χ0n) is 17.0. The van der Waals surface area contributed by atoms with Gasteiger partial charge < -0.3 is 10.2 Å². The van der Waals surface area contributed by atoms with Gasteiger partial charge in [-0.05, 0) is 50.2 Å². The first-order chi connectivity index (χ1) is 13.1. The van der Waals surface area contributed by atoms with Crippen LogP contribution in [-0.2, 0) is 6.54 Å². The molecule has 0 aliphatic carbocycles. The van der Waals surface area contributed by atoms with Crippen LogP contribution < -0.4 is 5.32 Å². The van der Waals surface area contributed by atoms with Crippen LogP contribution in [0.1, 0.15) is 34.8 Å². The summed E-state index contributed by atoms with van der Waals surface area (Å²) in [5, 5.41) is 8.64. The number of hydrogen-bond acceptors (Lipinski definition) is 4. The van der Waals surface area contributed by atoms with E-state index in [2.05, 4.69) is 29.2 Å². The largest absolute Gasteiger partial charge is 0.351 e. The van der Waals surface area contributed by atoms with Crippen LogP contribution in [0.3, 0.4) is 0 Å². The number of aryl methyl sites for hydroxylation is 1. The number of halogens is 1. The molecule has 28 heavy (non-hydrogen) atoms. The highest BCUT2D eigenvalue weighted by Gasteiger charge is 2.22. The molecule has 3 rings (SSSR count). The van der Waals surface area contributed by atoms with E-state index >= 15 is 0 Å². The number of rotatable bonds is 7. The molecule has 1 aromatic carbocycles. The minimum absolute atomic E-state index is 0.00879. The predicted molar refractivity (Wildman–Crippen MR) is 113 cm³/mol. The number of hydrogen-bond donors (Lipinski definition) is 1. The molecule has 1 N–H and O–H groups in total.